The Morgan fingerprint density at radius 1 is 1.11 bits per heavy atom. The van der Waals surface area contributed by atoms with Gasteiger partial charge in [-0.25, -0.2) is 9.97 Å². The van der Waals surface area contributed by atoms with Gasteiger partial charge in [0, 0.05) is 25.0 Å². The van der Waals surface area contributed by atoms with Crippen LogP contribution in [0.5, 0.6) is 17.2 Å². The second-order valence-corrected chi connectivity index (χ2v) is 8.54. The molecular formula is C26H24ClN5O4. The maximum atomic E-state index is 12.9. The molecule has 1 saturated heterocycles. The van der Waals surface area contributed by atoms with Gasteiger partial charge in [0.25, 0.3) is 5.91 Å². The van der Waals surface area contributed by atoms with Crippen LogP contribution in [-0.2, 0) is 9.53 Å². The molecule has 1 N–H and O–H groups in total. The Kier molecular flexibility index (Phi) is 7.11. The molecule has 1 fully saturated rings. The molecule has 0 aliphatic carbocycles. The predicted molar refractivity (Wildman–Crippen MR) is 136 cm³/mol. The summed E-state index contributed by atoms with van der Waals surface area (Å²) < 4.78 is 17.3. The van der Waals surface area contributed by atoms with Crippen LogP contribution in [0.25, 0.3) is 10.9 Å². The monoisotopic (exact) mass is 505 g/mol. The largest absolute Gasteiger partial charge is 0.480 e. The van der Waals surface area contributed by atoms with Crippen molar-refractivity contribution in [2.45, 2.75) is 13.0 Å². The van der Waals surface area contributed by atoms with E-state index in [2.05, 4.69) is 20.3 Å². The highest BCUT2D eigenvalue weighted by molar-refractivity contribution is 6.32. The lowest BCUT2D eigenvalue weighted by Crippen LogP contribution is -2.46. The number of carbonyl (C=O) groups excluding carboxylic acids is 1. The summed E-state index contributed by atoms with van der Waals surface area (Å²) in [7, 11) is 0. The number of amides is 1. The lowest BCUT2D eigenvalue weighted by Gasteiger charge is -2.29. The number of fused-ring (bicyclic) bond motifs is 1. The van der Waals surface area contributed by atoms with E-state index in [4.69, 9.17) is 25.8 Å². The van der Waals surface area contributed by atoms with Crippen molar-refractivity contribution in [3.8, 4) is 17.2 Å². The average Bonchev–Trinajstić information content (AvgIpc) is 2.91. The summed E-state index contributed by atoms with van der Waals surface area (Å²) in [6, 6.07) is 14.4. The molecular weight excluding hydrogens is 482 g/mol. The Labute approximate surface area is 213 Å². The summed E-state index contributed by atoms with van der Waals surface area (Å²) >= 11 is 6.48. The maximum absolute atomic E-state index is 12.9. The van der Waals surface area contributed by atoms with E-state index < -0.39 is 6.10 Å². The zero-order chi connectivity index (χ0) is 24.9. The van der Waals surface area contributed by atoms with Crippen LogP contribution >= 0.6 is 11.6 Å². The van der Waals surface area contributed by atoms with Crippen molar-refractivity contribution in [3.05, 3.63) is 72.3 Å². The van der Waals surface area contributed by atoms with Gasteiger partial charge in [0.05, 0.1) is 35.3 Å². The number of pyridine rings is 1. The number of anilines is 2. The number of hydrogen-bond donors (Lipinski definition) is 1. The minimum atomic E-state index is -0.680. The number of morpholine rings is 1. The van der Waals surface area contributed by atoms with Gasteiger partial charge in [0.15, 0.2) is 6.10 Å². The number of aromatic nitrogens is 3. The van der Waals surface area contributed by atoms with E-state index in [1.807, 2.05) is 18.2 Å². The first-order chi connectivity index (χ1) is 17.6. The highest BCUT2D eigenvalue weighted by Gasteiger charge is 2.25. The van der Waals surface area contributed by atoms with Crippen LogP contribution in [0, 0.1) is 0 Å². The molecule has 0 bridgehead atoms. The van der Waals surface area contributed by atoms with Crippen LogP contribution in [0.15, 0.2) is 67.3 Å². The van der Waals surface area contributed by atoms with Crippen molar-refractivity contribution in [1.29, 1.82) is 0 Å². The van der Waals surface area contributed by atoms with E-state index in [0.717, 1.165) is 0 Å². The zero-order valence-corrected chi connectivity index (χ0v) is 20.3. The maximum Gasteiger partial charge on any atom is 0.263 e. The second-order valence-electron chi connectivity index (χ2n) is 8.13. The molecule has 0 saturated carbocycles. The first-order valence-corrected chi connectivity index (χ1v) is 11.9. The molecule has 0 radical (unpaired) electrons. The summed E-state index contributed by atoms with van der Waals surface area (Å²) in [5.41, 5.74) is 1.38. The van der Waals surface area contributed by atoms with E-state index in [9.17, 15) is 4.79 Å². The van der Waals surface area contributed by atoms with E-state index >= 15 is 0 Å². The molecule has 1 atom stereocenters. The Hall–Kier alpha value is -3.95. The van der Waals surface area contributed by atoms with Gasteiger partial charge in [-0.05, 0) is 49.4 Å². The number of ether oxygens (including phenoxy) is 3. The Morgan fingerprint density at radius 2 is 1.97 bits per heavy atom. The summed E-state index contributed by atoms with van der Waals surface area (Å²) in [5.74, 6) is 2.04. The number of rotatable bonds is 7. The summed E-state index contributed by atoms with van der Waals surface area (Å²) in [6.07, 6.45) is 4.07. The third kappa shape index (κ3) is 5.32. The number of benzene rings is 2. The van der Waals surface area contributed by atoms with Gasteiger partial charge >= 0.3 is 0 Å². The van der Waals surface area contributed by atoms with Crippen molar-refractivity contribution in [2.24, 2.45) is 0 Å². The average molecular weight is 506 g/mol. The minimum Gasteiger partial charge on any atom is -0.480 e. The van der Waals surface area contributed by atoms with Gasteiger partial charge in [-0.2, -0.15) is 0 Å². The van der Waals surface area contributed by atoms with E-state index in [-0.39, 0.29) is 5.91 Å². The second kappa shape index (κ2) is 10.8. The molecule has 2 aromatic heterocycles. The number of hydrogen-bond acceptors (Lipinski definition) is 8. The molecule has 9 nitrogen and oxygen atoms in total. The number of nitrogens with one attached hydrogen (secondary N) is 1. The SMILES string of the molecule is C[C@@H](Oc1cccc2ncnc(Nc3ccc(Oc4cccnc4)c(Cl)c3)c12)C(=O)N1CCOCC1. The molecule has 5 rings (SSSR count). The lowest BCUT2D eigenvalue weighted by atomic mass is 10.2. The van der Waals surface area contributed by atoms with Gasteiger partial charge < -0.3 is 24.4 Å². The first-order valence-electron chi connectivity index (χ1n) is 11.5. The van der Waals surface area contributed by atoms with Gasteiger partial charge in [0.1, 0.15) is 29.4 Å². The van der Waals surface area contributed by atoms with E-state index in [1.54, 1.807) is 54.5 Å². The van der Waals surface area contributed by atoms with Gasteiger partial charge in [-0.3, -0.25) is 9.78 Å². The third-order valence-corrected chi connectivity index (χ3v) is 5.95. The molecule has 1 aliphatic heterocycles. The fourth-order valence-corrected chi connectivity index (χ4v) is 4.10. The summed E-state index contributed by atoms with van der Waals surface area (Å²) in [5, 5.41) is 4.37. The molecule has 0 unspecified atom stereocenters. The number of nitrogens with zero attached hydrogens (tertiary/aromatic N) is 4. The molecule has 0 spiro atoms. The standard InChI is InChI=1S/C26H24ClN5O4/c1-17(26(33)32-10-12-34-13-11-32)35-23-6-2-5-21-24(23)25(30-16-29-21)31-18-7-8-22(20(27)14-18)36-19-4-3-9-28-15-19/h2-9,14-17H,10-13H2,1H3,(H,29,30,31)/t17-/m1/s1. The third-order valence-electron chi connectivity index (χ3n) is 5.66. The molecule has 1 amide bonds. The quantitative estimate of drug-likeness (QED) is 0.381. The number of carbonyl (C=O) groups is 1. The van der Waals surface area contributed by atoms with Crippen molar-refractivity contribution in [2.75, 3.05) is 31.6 Å². The van der Waals surface area contributed by atoms with Crippen molar-refractivity contribution in [3.63, 3.8) is 0 Å². The molecule has 10 heteroatoms. The van der Waals surface area contributed by atoms with Crippen LogP contribution in [0.3, 0.4) is 0 Å². The zero-order valence-electron chi connectivity index (χ0n) is 19.6. The van der Waals surface area contributed by atoms with Crippen LogP contribution in [0.1, 0.15) is 6.92 Å². The van der Waals surface area contributed by atoms with Crippen LogP contribution in [0.2, 0.25) is 5.02 Å². The lowest BCUT2D eigenvalue weighted by molar-refractivity contribution is -0.142. The highest BCUT2D eigenvalue weighted by atomic mass is 35.5. The Bertz CT molecular complexity index is 1360. The number of halogens is 1. The predicted octanol–water partition coefficient (Wildman–Crippen LogP) is 4.84. The molecule has 3 heterocycles. The van der Waals surface area contributed by atoms with E-state index in [1.165, 1.54) is 6.33 Å². The summed E-state index contributed by atoms with van der Waals surface area (Å²) in [6.45, 7) is 3.92. The Balaban J connectivity index is 1.38. The highest BCUT2D eigenvalue weighted by Crippen LogP contribution is 2.35. The van der Waals surface area contributed by atoms with Crippen molar-refractivity contribution in [1.82, 2.24) is 19.9 Å². The normalized spacial score (nSPS) is 14.3. The molecule has 1 aliphatic rings. The van der Waals surface area contributed by atoms with Gasteiger partial charge in [-0.1, -0.05) is 17.7 Å². The van der Waals surface area contributed by atoms with Gasteiger partial charge in [-0.15, -0.1) is 0 Å². The van der Waals surface area contributed by atoms with Crippen LogP contribution in [-0.4, -0.2) is 58.2 Å². The van der Waals surface area contributed by atoms with Crippen LogP contribution < -0.4 is 14.8 Å². The Morgan fingerprint density at radius 3 is 2.75 bits per heavy atom. The smallest absolute Gasteiger partial charge is 0.263 e. The first kappa shape index (κ1) is 23.8. The van der Waals surface area contributed by atoms with Gasteiger partial charge in [0.2, 0.25) is 0 Å². The topological polar surface area (TPSA) is 98.7 Å². The molecule has 2 aromatic carbocycles. The van der Waals surface area contributed by atoms with Crippen molar-refractivity contribution < 1.29 is 19.0 Å². The minimum absolute atomic E-state index is 0.0855. The van der Waals surface area contributed by atoms with Crippen LogP contribution in [0.4, 0.5) is 11.5 Å². The van der Waals surface area contributed by atoms with Crippen molar-refractivity contribution >= 4 is 39.9 Å². The summed E-state index contributed by atoms with van der Waals surface area (Å²) in [4.78, 5) is 27.5. The molecule has 36 heavy (non-hydrogen) atoms. The molecule has 184 valence electrons. The fourth-order valence-electron chi connectivity index (χ4n) is 3.89. The van der Waals surface area contributed by atoms with E-state index in [0.29, 0.717) is 71.0 Å². The fraction of sp³-hybridized carbons (Fsp3) is 0.231. The molecule has 4 aromatic rings.